The lowest BCUT2D eigenvalue weighted by molar-refractivity contribution is -0.145. The van der Waals surface area contributed by atoms with E-state index in [9.17, 15) is 9.90 Å². The highest BCUT2D eigenvalue weighted by molar-refractivity contribution is 5.69. The molecule has 2 atom stereocenters. The van der Waals surface area contributed by atoms with Crippen LogP contribution in [-0.4, -0.2) is 37.4 Å². The highest BCUT2D eigenvalue weighted by atomic mass is 16.5. The first-order chi connectivity index (χ1) is 9.56. The first-order valence-electron chi connectivity index (χ1n) is 6.77. The first-order valence-corrected chi connectivity index (χ1v) is 6.77. The minimum atomic E-state index is -0.741. The number of aliphatic hydroxyl groups excluding tert-OH is 1. The Bertz CT molecular complexity index is 405. The van der Waals surface area contributed by atoms with Crippen LogP contribution in [-0.2, 0) is 9.53 Å². The van der Waals surface area contributed by atoms with E-state index in [1.165, 1.54) is 0 Å². The average molecular weight is 281 g/mol. The van der Waals surface area contributed by atoms with Crippen molar-refractivity contribution in [2.75, 3.05) is 20.3 Å². The molecule has 112 valence electrons. The molecule has 0 amide bonds. The average Bonchev–Trinajstić information content (AvgIpc) is 2.45. The standard InChI is InChI=1S/C15H23NO4/c1-4-20-15(18)9-13(17)10-16-11(2)12-5-7-14(19-3)8-6-12/h5-8,11,13,16-17H,4,9-10H2,1-3H3. The summed E-state index contributed by atoms with van der Waals surface area (Å²) in [6.07, 6.45) is -0.731. The van der Waals surface area contributed by atoms with Crippen molar-refractivity contribution in [1.82, 2.24) is 5.32 Å². The van der Waals surface area contributed by atoms with E-state index in [4.69, 9.17) is 9.47 Å². The van der Waals surface area contributed by atoms with Gasteiger partial charge in [-0.2, -0.15) is 0 Å². The molecule has 5 nitrogen and oxygen atoms in total. The normalized spacial score (nSPS) is 13.6. The van der Waals surface area contributed by atoms with Crippen molar-refractivity contribution in [1.29, 1.82) is 0 Å². The van der Waals surface area contributed by atoms with Gasteiger partial charge in [-0.1, -0.05) is 12.1 Å². The molecule has 0 bridgehead atoms. The van der Waals surface area contributed by atoms with Crippen LogP contribution in [0.15, 0.2) is 24.3 Å². The van der Waals surface area contributed by atoms with Gasteiger partial charge in [-0.3, -0.25) is 4.79 Å². The fourth-order valence-electron chi connectivity index (χ4n) is 1.81. The van der Waals surface area contributed by atoms with Gasteiger partial charge >= 0.3 is 5.97 Å². The van der Waals surface area contributed by atoms with Gasteiger partial charge in [0.05, 0.1) is 26.2 Å². The molecule has 0 aliphatic rings. The maximum absolute atomic E-state index is 11.2. The zero-order valence-electron chi connectivity index (χ0n) is 12.3. The van der Waals surface area contributed by atoms with Crippen molar-refractivity contribution in [3.8, 4) is 5.75 Å². The highest BCUT2D eigenvalue weighted by Gasteiger charge is 2.13. The number of esters is 1. The van der Waals surface area contributed by atoms with E-state index in [1.54, 1.807) is 14.0 Å². The lowest BCUT2D eigenvalue weighted by Gasteiger charge is -2.17. The third kappa shape index (κ3) is 5.59. The molecule has 0 saturated carbocycles. The third-order valence-electron chi connectivity index (χ3n) is 2.98. The van der Waals surface area contributed by atoms with Crippen LogP contribution < -0.4 is 10.1 Å². The fourth-order valence-corrected chi connectivity index (χ4v) is 1.81. The molecule has 0 aromatic heterocycles. The van der Waals surface area contributed by atoms with E-state index >= 15 is 0 Å². The smallest absolute Gasteiger partial charge is 0.308 e. The highest BCUT2D eigenvalue weighted by Crippen LogP contribution is 2.17. The number of aliphatic hydroxyl groups is 1. The lowest BCUT2D eigenvalue weighted by atomic mass is 10.1. The Morgan fingerprint density at radius 1 is 1.35 bits per heavy atom. The van der Waals surface area contributed by atoms with Gasteiger partial charge in [0.2, 0.25) is 0 Å². The summed E-state index contributed by atoms with van der Waals surface area (Å²) in [4.78, 5) is 11.2. The number of rotatable bonds is 8. The summed E-state index contributed by atoms with van der Waals surface area (Å²) in [6.45, 7) is 4.42. The maximum Gasteiger partial charge on any atom is 0.308 e. The first kappa shape index (κ1) is 16.5. The largest absolute Gasteiger partial charge is 0.497 e. The molecule has 1 aromatic rings. The van der Waals surface area contributed by atoms with Gasteiger partial charge in [-0.15, -0.1) is 0 Å². The lowest BCUT2D eigenvalue weighted by Crippen LogP contribution is -2.31. The van der Waals surface area contributed by atoms with Gasteiger partial charge in [-0.05, 0) is 31.5 Å². The van der Waals surface area contributed by atoms with Gasteiger partial charge in [0.1, 0.15) is 5.75 Å². The minimum absolute atomic E-state index is 0.0101. The third-order valence-corrected chi connectivity index (χ3v) is 2.98. The van der Waals surface area contributed by atoms with Crippen LogP contribution in [0.4, 0.5) is 0 Å². The van der Waals surface area contributed by atoms with E-state index in [0.717, 1.165) is 11.3 Å². The fraction of sp³-hybridized carbons (Fsp3) is 0.533. The number of benzene rings is 1. The van der Waals surface area contributed by atoms with Crippen LogP contribution in [0.2, 0.25) is 0 Å². The Labute approximate surface area is 119 Å². The number of ether oxygens (including phenoxy) is 2. The molecule has 0 radical (unpaired) electrons. The monoisotopic (exact) mass is 281 g/mol. The summed E-state index contributed by atoms with van der Waals surface area (Å²) >= 11 is 0. The summed E-state index contributed by atoms with van der Waals surface area (Å²) in [6, 6.07) is 7.80. The van der Waals surface area contributed by atoms with Gasteiger partial charge in [0, 0.05) is 12.6 Å². The number of hydrogen-bond acceptors (Lipinski definition) is 5. The Morgan fingerprint density at radius 2 is 2.00 bits per heavy atom. The topological polar surface area (TPSA) is 67.8 Å². The molecule has 20 heavy (non-hydrogen) atoms. The van der Waals surface area contributed by atoms with Gasteiger partial charge < -0.3 is 19.9 Å². The van der Waals surface area contributed by atoms with Crippen LogP contribution in [0, 0.1) is 0 Å². The molecule has 5 heteroatoms. The number of methoxy groups -OCH3 is 1. The molecule has 2 N–H and O–H groups in total. The van der Waals surface area contributed by atoms with E-state index in [2.05, 4.69) is 5.32 Å². The molecule has 1 rings (SSSR count). The van der Waals surface area contributed by atoms with Gasteiger partial charge in [-0.25, -0.2) is 0 Å². The van der Waals surface area contributed by atoms with Crippen molar-refractivity contribution in [3.63, 3.8) is 0 Å². The van der Waals surface area contributed by atoms with E-state index in [0.29, 0.717) is 13.2 Å². The molecule has 0 fully saturated rings. The maximum atomic E-state index is 11.2. The molecule has 0 aliphatic carbocycles. The Hall–Kier alpha value is -1.59. The zero-order chi connectivity index (χ0) is 15.0. The van der Waals surface area contributed by atoms with Crippen molar-refractivity contribution in [3.05, 3.63) is 29.8 Å². The molecular weight excluding hydrogens is 258 g/mol. The molecule has 0 spiro atoms. The van der Waals surface area contributed by atoms with E-state index in [-0.39, 0.29) is 18.4 Å². The summed E-state index contributed by atoms with van der Waals surface area (Å²) in [5.41, 5.74) is 1.09. The molecular formula is C15H23NO4. The number of carbonyl (C=O) groups is 1. The van der Waals surface area contributed by atoms with Crippen molar-refractivity contribution < 1.29 is 19.4 Å². The molecule has 1 aromatic carbocycles. The van der Waals surface area contributed by atoms with E-state index < -0.39 is 6.10 Å². The van der Waals surface area contributed by atoms with E-state index in [1.807, 2.05) is 31.2 Å². The predicted molar refractivity (Wildman–Crippen MR) is 76.7 cm³/mol. The number of carbonyl (C=O) groups excluding carboxylic acids is 1. The van der Waals surface area contributed by atoms with Crippen LogP contribution >= 0.6 is 0 Å². The molecule has 0 aliphatic heterocycles. The summed E-state index contributed by atoms with van der Waals surface area (Å²) in [5.74, 6) is 0.433. The van der Waals surface area contributed by atoms with Crippen molar-refractivity contribution >= 4 is 5.97 Å². The second kappa shape index (κ2) is 8.55. The number of nitrogens with one attached hydrogen (secondary N) is 1. The Morgan fingerprint density at radius 3 is 2.55 bits per heavy atom. The summed E-state index contributed by atoms with van der Waals surface area (Å²) < 4.78 is 9.89. The SMILES string of the molecule is CCOC(=O)CC(O)CNC(C)c1ccc(OC)cc1. The quantitative estimate of drug-likeness (QED) is 0.709. The summed E-state index contributed by atoms with van der Waals surface area (Å²) in [7, 11) is 1.63. The van der Waals surface area contributed by atoms with Crippen molar-refractivity contribution in [2.45, 2.75) is 32.4 Å². The molecule has 0 saturated heterocycles. The van der Waals surface area contributed by atoms with Crippen LogP contribution in [0.5, 0.6) is 5.75 Å². The van der Waals surface area contributed by atoms with Crippen LogP contribution in [0.25, 0.3) is 0 Å². The zero-order valence-corrected chi connectivity index (χ0v) is 12.3. The summed E-state index contributed by atoms with van der Waals surface area (Å²) in [5, 5.41) is 12.9. The minimum Gasteiger partial charge on any atom is -0.497 e. The van der Waals surface area contributed by atoms with Crippen molar-refractivity contribution in [2.24, 2.45) is 0 Å². The second-order valence-corrected chi connectivity index (χ2v) is 4.57. The molecule has 2 unspecified atom stereocenters. The van der Waals surface area contributed by atoms with Crippen LogP contribution in [0.1, 0.15) is 31.9 Å². The Kier molecular flexibility index (Phi) is 7.04. The Balaban J connectivity index is 2.37. The number of hydrogen-bond donors (Lipinski definition) is 2. The van der Waals surface area contributed by atoms with Gasteiger partial charge in [0.25, 0.3) is 0 Å². The van der Waals surface area contributed by atoms with Crippen LogP contribution in [0.3, 0.4) is 0 Å². The van der Waals surface area contributed by atoms with Gasteiger partial charge in [0.15, 0.2) is 0 Å². The molecule has 0 heterocycles. The predicted octanol–water partition coefficient (Wildman–Crippen LogP) is 1.66. The second-order valence-electron chi connectivity index (χ2n) is 4.57.